The normalized spacial score (nSPS) is 10.3. The zero-order valence-corrected chi connectivity index (χ0v) is 16.2. The molecule has 0 atom stereocenters. The highest BCUT2D eigenvalue weighted by atomic mass is 79.9. The molecule has 1 N–H and O–H groups in total. The molecule has 122 valence electrons. The molecule has 1 amide bonds. The predicted molar refractivity (Wildman–Crippen MR) is 98.7 cm³/mol. The summed E-state index contributed by atoms with van der Waals surface area (Å²) in [6.07, 6.45) is 0. The maximum Gasteiger partial charge on any atom is 0.255 e. The number of rotatable bonds is 5. The molecule has 0 aliphatic rings. The van der Waals surface area contributed by atoms with Crippen LogP contribution in [0.25, 0.3) is 0 Å². The Morgan fingerprint density at radius 2 is 1.91 bits per heavy atom. The molecule has 2 aromatic carbocycles. The van der Waals surface area contributed by atoms with Crippen molar-refractivity contribution < 1.29 is 14.3 Å². The quantitative estimate of drug-likeness (QED) is 0.693. The zero-order valence-electron chi connectivity index (χ0n) is 13.1. The van der Waals surface area contributed by atoms with Gasteiger partial charge in [-0.1, -0.05) is 15.9 Å². The molecule has 2 rings (SSSR count). The second-order valence-electron chi connectivity index (χ2n) is 4.84. The average molecular weight is 443 g/mol. The first-order valence-corrected chi connectivity index (χ1v) is 8.62. The number of carbonyl (C=O) groups excluding carboxylic acids is 1. The second-order valence-corrected chi connectivity index (χ2v) is 6.55. The molecule has 0 fully saturated rings. The van der Waals surface area contributed by atoms with Gasteiger partial charge in [0.05, 0.1) is 18.2 Å². The van der Waals surface area contributed by atoms with E-state index >= 15 is 0 Å². The lowest BCUT2D eigenvalue weighted by molar-refractivity contribution is 0.102. The van der Waals surface area contributed by atoms with Gasteiger partial charge < -0.3 is 14.8 Å². The number of nitrogens with one attached hydrogen (secondary N) is 1. The Labute approximate surface area is 152 Å². The van der Waals surface area contributed by atoms with Crippen LogP contribution in [-0.4, -0.2) is 19.6 Å². The Hall–Kier alpha value is -1.53. The van der Waals surface area contributed by atoms with Crippen molar-refractivity contribution in [1.29, 1.82) is 0 Å². The van der Waals surface area contributed by atoms with Crippen molar-refractivity contribution in [3.8, 4) is 11.5 Å². The van der Waals surface area contributed by atoms with Crippen LogP contribution in [0.1, 0.15) is 22.8 Å². The van der Waals surface area contributed by atoms with Gasteiger partial charge in [0.1, 0.15) is 0 Å². The van der Waals surface area contributed by atoms with Gasteiger partial charge in [-0.25, -0.2) is 0 Å². The molecule has 2 aromatic rings. The Morgan fingerprint density at radius 3 is 2.52 bits per heavy atom. The maximum absolute atomic E-state index is 12.5. The fourth-order valence-electron chi connectivity index (χ4n) is 2.06. The molecular weight excluding hydrogens is 426 g/mol. The first-order valence-electron chi connectivity index (χ1n) is 7.04. The summed E-state index contributed by atoms with van der Waals surface area (Å²) in [7, 11) is 1.55. The van der Waals surface area contributed by atoms with Crippen LogP contribution in [0, 0.1) is 6.92 Å². The molecule has 0 saturated carbocycles. The van der Waals surface area contributed by atoms with Crippen LogP contribution < -0.4 is 14.8 Å². The first-order chi connectivity index (χ1) is 11.0. The molecule has 0 aliphatic carbocycles. The lowest BCUT2D eigenvalue weighted by atomic mass is 10.1. The summed E-state index contributed by atoms with van der Waals surface area (Å²) in [4.78, 5) is 12.5. The zero-order chi connectivity index (χ0) is 17.0. The number of ether oxygens (including phenoxy) is 2. The van der Waals surface area contributed by atoms with E-state index in [1.165, 1.54) is 0 Å². The topological polar surface area (TPSA) is 47.6 Å². The minimum absolute atomic E-state index is 0.214. The maximum atomic E-state index is 12.5. The van der Waals surface area contributed by atoms with Crippen LogP contribution in [0.4, 0.5) is 5.69 Å². The summed E-state index contributed by atoms with van der Waals surface area (Å²) in [5.41, 5.74) is 2.27. The molecule has 4 nitrogen and oxygen atoms in total. The van der Waals surface area contributed by atoms with E-state index in [4.69, 9.17) is 9.47 Å². The van der Waals surface area contributed by atoms with E-state index in [2.05, 4.69) is 37.2 Å². The van der Waals surface area contributed by atoms with Crippen LogP contribution in [0.5, 0.6) is 11.5 Å². The summed E-state index contributed by atoms with van der Waals surface area (Å²) < 4.78 is 12.5. The summed E-state index contributed by atoms with van der Waals surface area (Å²) in [5.74, 6) is 0.887. The lowest BCUT2D eigenvalue weighted by Crippen LogP contribution is -2.12. The van der Waals surface area contributed by atoms with Crippen molar-refractivity contribution in [1.82, 2.24) is 0 Å². The van der Waals surface area contributed by atoms with Gasteiger partial charge in [0, 0.05) is 15.7 Å². The molecule has 6 heteroatoms. The molecular formula is C17H17Br2NO3. The highest BCUT2D eigenvalue weighted by molar-refractivity contribution is 9.10. The number of hydrogen-bond donors (Lipinski definition) is 1. The van der Waals surface area contributed by atoms with E-state index in [0.717, 1.165) is 15.7 Å². The van der Waals surface area contributed by atoms with Gasteiger partial charge >= 0.3 is 0 Å². The lowest BCUT2D eigenvalue weighted by Gasteiger charge is -2.13. The SMILES string of the molecule is CCOc1c(Br)cc(C(=O)Nc2ccc(Br)c(C)c2)cc1OC. The molecule has 0 aliphatic heterocycles. The van der Waals surface area contributed by atoms with Crippen molar-refractivity contribution in [2.24, 2.45) is 0 Å². The van der Waals surface area contributed by atoms with Gasteiger partial charge in [0.25, 0.3) is 5.91 Å². The third kappa shape index (κ3) is 4.26. The molecule has 0 radical (unpaired) electrons. The predicted octanol–water partition coefficient (Wildman–Crippen LogP) is 5.18. The monoisotopic (exact) mass is 441 g/mol. The Kier molecular flexibility index (Phi) is 6.07. The van der Waals surface area contributed by atoms with Crippen molar-refractivity contribution in [2.75, 3.05) is 19.0 Å². The number of aryl methyl sites for hydroxylation is 1. The van der Waals surface area contributed by atoms with Crippen molar-refractivity contribution in [2.45, 2.75) is 13.8 Å². The number of hydrogen-bond acceptors (Lipinski definition) is 3. The molecule has 0 spiro atoms. The minimum Gasteiger partial charge on any atom is -0.493 e. The number of methoxy groups -OCH3 is 1. The van der Waals surface area contributed by atoms with Crippen LogP contribution in [0.15, 0.2) is 39.3 Å². The highest BCUT2D eigenvalue weighted by Gasteiger charge is 2.15. The Balaban J connectivity index is 2.28. The third-order valence-corrected chi connectivity index (χ3v) is 4.67. The van der Waals surface area contributed by atoms with Gasteiger partial charge in [-0.15, -0.1) is 0 Å². The standard InChI is InChI=1S/C17H17Br2NO3/c1-4-23-16-14(19)8-11(9-15(16)22-3)17(21)20-12-5-6-13(18)10(2)7-12/h5-9H,4H2,1-3H3,(H,20,21). The van der Waals surface area contributed by atoms with Gasteiger partial charge in [-0.05, 0) is 65.7 Å². The Bertz CT molecular complexity index is 732. The molecule has 0 bridgehead atoms. The van der Waals surface area contributed by atoms with E-state index in [1.807, 2.05) is 32.0 Å². The molecule has 0 unspecified atom stereocenters. The smallest absolute Gasteiger partial charge is 0.255 e. The van der Waals surface area contributed by atoms with Crippen molar-refractivity contribution in [3.63, 3.8) is 0 Å². The Morgan fingerprint density at radius 1 is 1.17 bits per heavy atom. The van der Waals surface area contributed by atoms with Crippen LogP contribution in [0.2, 0.25) is 0 Å². The van der Waals surface area contributed by atoms with Gasteiger partial charge in [-0.2, -0.15) is 0 Å². The largest absolute Gasteiger partial charge is 0.493 e. The summed E-state index contributed by atoms with van der Waals surface area (Å²) in [6, 6.07) is 9.03. The third-order valence-electron chi connectivity index (χ3n) is 3.20. The number of benzene rings is 2. The molecule has 0 saturated heterocycles. The van der Waals surface area contributed by atoms with Gasteiger partial charge in [-0.3, -0.25) is 4.79 Å². The summed E-state index contributed by atoms with van der Waals surface area (Å²) in [6.45, 7) is 4.37. The van der Waals surface area contributed by atoms with E-state index in [9.17, 15) is 4.79 Å². The van der Waals surface area contributed by atoms with Crippen molar-refractivity contribution in [3.05, 3.63) is 50.4 Å². The van der Waals surface area contributed by atoms with E-state index in [-0.39, 0.29) is 5.91 Å². The summed E-state index contributed by atoms with van der Waals surface area (Å²) >= 11 is 6.87. The number of halogens is 2. The summed E-state index contributed by atoms with van der Waals surface area (Å²) in [5, 5.41) is 2.88. The minimum atomic E-state index is -0.214. The highest BCUT2D eigenvalue weighted by Crippen LogP contribution is 2.36. The average Bonchev–Trinajstić information content (AvgIpc) is 2.52. The fraction of sp³-hybridized carbons (Fsp3) is 0.235. The number of anilines is 1. The van der Waals surface area contributed by atoms with Gasteiger partial charge in [0.15, 0.2) is 11.5 Å². The van der Waals surface area contributed by atoms with Crippen LogP contribution in [0.3, 0.4) is 0 Å². The second kappa shape index (κ2) is 7.84. The fourth-order valence-corrected chi connectivity index (χ4v) is 2.86. The first kappa shape index (κ1) is 17.8. The molecule has 0 aromatic heterocycles. The van der Waals surface area contributed by atoms with Crippen LogP contribution >= 0.6 is 31.9 Å². The van der Waals surface area contributed by atoms with Crippen molar-refractivity contribution >= 4 is 43.5 Å². The molecule has 23 heavy (non-hydrogen) atoms. The van der Waals surface area contributed by atoms with Crippen LogP contribution in [-0.2, 0) is 0 Å². The van der Waals surface area contributed by atoms with E-state index in [1.54, 1.807) is 19.2 Å². The number of amides is 1. The number of carbonyl (C=O) groups is 1. The molecule has 0 heterocycles. The van der Waals surface area contributed by atoms with E-state index in [0.29, 0.717) is 28.1 Å². The van der Waals surface area contributed by atoms with Gasteiger partial charge in [0.2, 0.25) is 0 Å². The van der Waals surface area contributed by atoms with E-state index < -0.39 is 0 Å².